The van der Waals surface area contributed by atoms with Crippen molar-refractivity contribution in [3.8, 4) is 11.5 Å². The molecular formula is C16H8Cl6FeO6. The van der Waals surface area contributed by atoms with Gasteiger partial charge in [0.05, 0.1) is 42.1 Å². The van der Waals surface area contributed by atoms with Crippen LogP contribution >= 0.6 is 69.6 Å². The van der Waals surface area contributed by atoms with Crippen LogP contribution in [0.4, 0.5) is 0 Å². The van der Waals surface area contributed by atoms with Gasteiger partial charge in [-0.1, -0.05) is 69.6 Å². The zero-order chi connectivity index (χ0) is 21.4. The second-order valence-electron chi connectivity index (χ2n) is 4.71. The van der Waals surface area contributed by atoms with Crippen molar-refractivity contribution in [1.29, 1.82) is 0 Å². The number of hydrogen-bond acceptors (Lipinski definition) is 6. The summed E-state index contributed by atoms with van der Waals surface area (Å²) < 4.78 is 9.59. The van der Waals surface area contributed by atoms with Crippen LogP contribution in [0.2, 0.25) is 30.1 Å². The van der Waals surface area contributed by atoms with Gasteiger partial charge in [0, 0.05) is 12.1 Å². The van der Waals surface area contributed by atoms with Gasteiger partial charge in [-0.05, 0) is 12.1 Å². The van der Waals surface area contributed by atoms with E-state index >= 15 is 0 Å². The van der Waals surface area contributed by atoms with Crippen molar-refractivity contribution in [3.63, 3.8) is 0 Å². The average Bonchev–Trinajstić information content (AvgIpc) is 2.59. The van der Waals surface area contributed by atoms with E-state index in [1.54, 1.807) is 0 Å². The molecule has 0 heterocycles. The van der Waals surface area contributed by atoms with Gasteiger partial charge < -0.3 is 29.3 Å². The van der Waals surface area contributed by atoms with Crippen molar-refractivity contribution < 1.29 is 46.3 Å². The first-order valence-corrected chi connectivity index (χ1v) is 9.22. The fraction of sp³-hybridized carbons (Fsp3) is 0.125. The van der Waals surface area contributed by atoms with E-state index in [1.165, 1.54) is 24.3 Å². The Bertz CT molecular complexity index is 808. The largest absolute Gasteiger partial charge is 2.00 e. The van der Waals surface area contributed by atoms with E-state index in [0.717, 1.165) is 0 Å². The molecule has 2 aromatic carbocycles. The fourth-order valence-corrected chi connectivity index (χ4v) is 2.69. The van der Waals surface area contributed by atoms with E-state index < -0.39 is 25.2 Å². The van der Waals surface area contributed by atoms with Crippen LogP contribution in [0, 0.1) is 0 Å². The summed E-state index contributed by atoms with van der Waals surface area (Å²) in [5.41, 5.74) is 0. The average molecular weight is 565 g/mol. The smallest absolute Gasteiger partial charge is 0.546 e. The molecule has 0 saturated heterocycles. The van der Waals surface area contributed by atoms with Gasteiger partial charge >= 0.3 is 17.1 Å². The third-order valence-electron chi connectivity index (χ3n) is 2.64. The van der Waals surface area contributed by atoms with Gasteiger partial charge in [0.25, 0.3) is 0 Å². The zero-order valence-corrected chi connectivity index (χ0v) is 19.4. The molecule has 158 valence electrons. The standard InChI is InChI=1S/2C8H5Cl3O3.Fe/c2*9-4-1-6(11)7(2-5(4)10)14-3-8(12)13;/h2*1-2H,3H2,(H,12,13);/q;;+2/p-2. The molecule has 0 aliphatic carbocycles. The van der Waals surface area contributed by atoms with Crippen LogP contribution < -0.4 is 19.7 Å². The van der Waals surface area contributed by atoms with Crippen LogP contribution in [0.1, 0.15) is 0 Å². The molecular weight excluding hydrogens is 557 g/mol. The predicted octanol–water partition coefficient (Wildman–Crippen LogP) is 3.55. The van der Waals surface area contributed by atoms with Gasteiger partial charge in [-0.25, -0.2) is 0 Å². The molecule has 0 radical (unpaired) electrons. The van der Waals surface area contributed by atoms with Crippen molar-refractivity contribution in [3.05, 3.63) is 54.4 Å². The molecule has 0 spiro atoms. The first-order valence-electron chi connectivity index (χ1n) is 6.95. The summed E-state index contributed by atoms with van der Waals surface area (Å²) in [7, 11) is 0. The minimum absolute atomic E-state index is 0. The van der Waals surface area contributed by atoms with Crippen molar-refractivity contribution in [2.24, 2.45) is 0 Å². The van der Waals surface area contributed by atoms with E-state index in [4.69, 9.17) is 79.1 Å². The van der Waals surface area contributed by atoms with Crippen molar-refractivity contribution in [2.45, 2.75) is 0 Å². The van der Waals surface area contributed by atoms with Crippen molar-refractivity contribution in [1.82, 2.24) is 0 Å². The van der Waals surface area contributed by atoms with Gasteiger partial charge in [0.1, 0.15) is 24.7 Å². The number of benzene rings is 2. The molecule has 0 aliphatic heterocycles. The summed E-state index contributed by atoms with van der Waals surface area (Å²) in [4.78, 5) is 20.2. The van der Waals surface area contributed by atoms with Crippen LogP contribution in [0.25, 0.3) is 0 Å². The number of ether oxygens (including phenoxy) is 2. The molecule has 0 atom stereocenters. The monoisotopic (exact) mass is 562 g/mol. The number of carbonyl (C=O) groups excluding carboxylic acids is 2. The maximum absolute atomic E-state index is 10.1. The van der Waals surface area contributed by atoms with Crippen LogP contribution in [0.15, 0.2) is 24.3 Å². The van der Waals surface area contributed by atoms with E-state index in [9.17, 15) is 19.8 Å². The summed E-state index contributed by atoms with van der Waals surface area (Å²) in [5.74, 6) is -2.37. The predicted molar refractivity (Wildman–Crippen MR) is 104 cm³/mol. The van der Waals surface area contributed by atoms with E-state index in [-0.39, 0.29) is 58.7 Å². The first kappa shape index (κ1) is 28.2. The Morgan fingerprint density at radius 3 is 1.17 bits per heavy atom. The molecule has 13 heteroatoms. The number of aliphatic carboxylic acids is 2. The van der Waals surface area contributed by atoms with Gasteiger partial charge in [-0.3, -0.25) is 0 Å². The Balaban J connectivity index is 0.000000523. The van der Waals surface area contributed by atoms with Crippen molar-refractivity contribution >= 4 is 81.5 Å². The Morgan fingerprint density at radius 1 is 0.621 bits per heavy atom. The second-order valence-corrected chi connectivity index (χ2v) is 7.16. The van der Waals surface area contributed by atoms with E-state index in [2.05, 4.69) is 0 Å². The first-order chi connectivity index (χ1) is 13.0. The molecule has 2 aromatic rings. The topological polar surface area (TPSA) is 98.7 Å². The number of carbonyl (C=O) groups is 2. The maximum atomic E-state index is 10.1. The molecule has 0 saturated carbocycles. The molecule has 6 nitrogen and oxygen atoms in total. The summed E-state index contributed by atoms with van der Waals surface area (Å²) in [6.07, 6.45) is 0. The van der Waals surface area contributed by atoms with Gasteiger partial charge in [-0.2, -0.15) is 0 Å². The number of halogens is 6. The maximum Gasteiger partial charge on any atom is 2.00 e. The molecule has 0 amide bonds. The Hall–Kier alpha value is -0.761. The molecule has 0 aliphatic rings. The SMILES string of the molecule is O=C([O-])COc1cc(Cl)c(Cl)cc1Cl.O=C([O-])COc1cc(Cl)c(Cl)cc1Cl.[Fe+2]. The molecule has 0 bridgehead atoms. The Labute approximate surface area is 206 Å². The van der Waals surface area contributed by atoms with Gasteiger partial charge in [-0.15, -0.1) is 0 Å². The van der Waals surface area contributed by atoms with E-state index in [0.29, 0.717) is 0 Å². The Morgan fingerprint density at radius 2 is 0.897 bits per heavy atom. The van der Waals surface area contributed by atoms with E-state index in [1.807, 2.05) is 0 Å². The third-order valence-corrected chi connectivity index (χ3v) is 4.68. The van der Waals surface area contributed by atoms with Crippen molar-refractivity contribution in [2.75, 3.05) is 13.2 Å². The minimum Gasteiger partial charge on any atom is -0.546 e. The second kappa shape index (κ2) is 13.5. The molecule has 0 fully saturated rings. The van der Waals surface area contributed by atoms with Crippen LogP contribution in [-0.4, -0.2) is 25.2 Å². The molecule has 0 aromatic heterocycles. The normalized spacial score (nSPS) is 9.59. The number of carboxylic acids is 2. The zero-order valence-electron chi connectivity index (χ0n) is 13.8. The third kappa shape index (κ3) is 10.2. The van der Waals surface area contributed by atoms with Gasteiger partial charge in [0.2, 0.25) is 0 Å². The number of rotatable bonds is 6. The molecule has 0 unspecified atom stereocenters. The number of hydrogen-bond donors (Lipinski definition) is 0. The van der Waals surface area contributed by atoms with Crippen LogP contribution in [0.3, 0.4) is 0 Å². The Kier molecular flexibility index (Phi) is 13.2. The fourth-order valence-electron chi connectivity index (χ4n) is 1.50. The summed E-state index contributed by atoms with van der Waals surface area (Å²) >= 11 is 34.0. The van der Waals surface area contributed by atoms with Crippen LogP contribution in [-0.2, 0) is 26.7 Å². The van der Waals surface area contributed by atoms with Crippen LogP contribution in [0.5, 0.6) is 11.5 Å². The summed E-state index contributed by atoms with van der Waals surface area (Å²) in [6, 6.07) is 5.43. The summed E-state index contributed by atoms with van der Waals surface area (Å²) in [6.45, 7) is -1.17. The number of carboxylic acid groups (broad SMARTS) is 2. The molecule has 0 N–H and O–H groups in total. The summed E-state index contributed by atoms with van der Waals surface area (Å²) in [5, 5.41) is 21.6. The molecule has 29 heavy (non-hydrogen) atoms. The molecule has 2 rings (SSSR count). The minimum atomic E-state index is -1.34. The van der Waals surface area contributed by atoms with Gasteiger partial charge in [0.15, 0.2) is 0 Å². The quantitative estimate of drug-likeness (QED) is 0.393.